The summed E-state index contributed by atoms with van der Waals surface area (Å²) in [6.07, 6.45) is 17.2. The Morgan fingerprint density at radius 3 is 1.71 bits per heavy atom. The molecule has 0 amide bonds. The quantitative estimate of drug-likeness (QED) is 0.110. The number of rotatable bonds is 12. The van der Waals surface area contributed by atoms with Crippen LogP contribution in [0.4, 0.5) is 11.4 Å². The maximum absolute atomic E-state index is 2.55. The summed E-state index contributed by atoms with van der Waals surface area (Å²) in [4.78, 5) is 2.47. The molecule has 0 fully saturated rings. The molecule has 0 saturated carbocycles. The summed E-state index contributed by atoms with van der Waals surface area (Å²) in [6.45, 7) is 4.77. The Labute approximate surface area is 443 Å². The van der Waals surface area contributed by atoms with Crippen molar-refractivity contribution in [2.75, 3.05) is 4.90 Å². The number of hydrogen-bond acceptors (Lipinski definition) is 1. The average Bonchev–Trinajstić information content (AvgIpc) is 3.96. The Bertz CT molecular complexity index is 3640. The topological polar surface area (TPSA) is 3.24 Å². The molecular formula is C74H61N. The lowest BCUT2D eigenvalue weighted by Crippen LogP contribution is -2.31. The standard InChI is InChI=1S/C74H61N/c1-3-73(4-2)70-48-53(38-44-65(70)66-47-43-62(51-71(66)73)75(60-28-16-8-17-29-60)61-30-18-9-19-31-61)35-34-52-36-39-55(40-37-52)68-49-56(54-22-10-5-11-23-54)41-45-63(68)57-42-46-67-64-32-20-21-33-69(64)74(72(67)50-57,58-24-12-6-13-25-58)59-26-14-7-15-27-59/h5-42,44-46,48-49,51,57H,3-4,43,47,50H2,1-2H3/b35-34+. The van der Waals surface area contributed by atoms with E-state index in [2.05, 4.69) is 286 Å². The highest BCUT2D eigenvalue weighted by Crippen LogP contribution is 2.60. The maximum Gasteiger partial charge on any atom is 0.0676 e. The molecule has 0 heterocycles. The number of allylic oxidation sites excluding steroid dienone is 8. The number of anilines is 2. The van der Waals surface area contributed by atoms with Gasteiger partial charge in [0.25, 0.3) is 0 Å². The molecule has 1 atom stereocenters. The van der Waals surface area contributed by atoms with E-state index in [1.54, 1.807) is 0 Å². The van der Waals surface area contributed by atoms with Crippen molar-refractivity contribution in [3.8, 4) is 22.3 Å². The van der Waals surface area contributed by atoms with Gasteiger partial charge in [0.1, 0.15) is 0 Å². The minimum absolute atomic E-state index is 0.0369. The zero-order valence-electron chi connectivity index (χ0n) is 43.0. The molecular weight excluding hydrogens is 903 g/mol. The van der Waals surface area contributed by atoms with Crippen molar-refractivity contribution in [1.29, 1.82) is 0 Å². The molecule has 0 aromatic heterocycles. The van der Waals surface area contributed by atoms with Crippen molar-refractivity contribution >= 4 is 34.7 Å². The molecule has 4 aliphatic rings. The minimum atomic E-state index is -0.396. The van der Waals surface area contributed by atoms with Crippen LogP contribution in [0, 0.1) is 0 Å². The summed E-state index contributed by atoms with van der Waals surface area (Å²) >= 11 is 0. The van der Waals surface area contributed by atoms with Crippen LogP contribution in [-0.4, -0.2) is 0 Å². The Morgan fingerprint density at radius 1 is 0.480 bits per heavy atom. The summed E-state index contributed by atoms with van der Waals surface area (Å²) in [5.74, 6) is 0.177. The van der Waals surface area contributed by atoms with Crippen molar-refractivity contribution in [3.05, 3.63) is 322 Å². The van der Waals surface area contributed by atoms with E-state index in [-0.39, 0.29) is 11.3 Å². The molecule has 1 nitrogen and oxygen atoms in total. The molecule has 1 unspecified atom stereocenters. The first-order valence-electron chi connectivity index (χ1n) is 27.2. The normalized spacial score (nSPS) is 16.8. The minimum Gasteiger partial charge on any atom is -0.314 e. The van der Waals surface area contributed by atoms with Gasteiger partial charge in [-0.15, -0.1) is 0 Å². The monoisotopic (exact) mass is 963 g/mol. The van der Waals surface area contributed by atoms with Crippen LogP contribution >= 0.6 is 0 Å². The van der Waals surface area contributed by atoms with Gasteiger partial charge in [-0.2, -0.15) is 0 Å². The smallest absolute Gasteiger partial charge is 0.0676 e. The fourth-order valence-corrected chi connectivity index (χ4v) is 13.6. The van der Waals surface area contributed by atoms with Gasteiger partial charge in [-0.1, -0.05) is 244 Å². The van der Waals surface area contributed by atoms with Crippen LogP contribution in [-0.2, 0) is 10.8 Å². The highest BCUT2D eigenvalue weighted by Gasteiger charge is 2.48. The van der Waals surface area contributed by atoms with E-state index in [0.29, 0.717) is 0 Å². The van der Waals surface area contributed by atoms with Gasteiger partial charge >= 0.3 is 0 Å². The molecule has 0 saturated heterocycles. The van der Waals surface area contributed by atoms with E-state index >= 15 is 0 Å². The lowest BCUT2D eigenvalue weighted by molar-refractivity contribution is 0.484. The molecule has 1 heteroatoms. The maximum atomic E-state index is 2.55. The second kappa shape index (κ2) is 19.4. The van der Waals surface area contributed by atoms with Crippen LogP contribution in [0.15, 0.2) is 272 Å². The largest absolute Gasteiger partial charge is 0.314 e. The predicted molar refractivity (Wildman–Crippen MR) is 317 cm³/mol. The van der Waals surface area contributed by atoms with Crippen molar-refractivity contribution in [1.82, 2.24) is 0 Å². The fraction of sp³-hybridized carbons (Fsp3) is 0.135. The van der Waals surface area contributed by atoms with Crippen LogP contribution in [0.25, 0.3) is 45.6 Å². The van der Waals surface area contributed by atoms with Gasteiger partial charge in [0.15, 0.2) is 0 Å². The first kappa shape index (κ1) is 46.3. The van der Waals surface area contributed by atoms with Crippen LogP contribution < -0.4 is 4.90 Å². The Hall–Kier alpha value is -8.52. The molecule has 9 aromatic rings. The molecule has 0 aliphatic heterocycles. The SMILES string of the molecule is CCC1(CC)C2=C(CCC(N(c3ccccc3)c3ccccc3)=C2)c2ccc(/C=C/c3ccc(-c4cc(-c5ccccc5)ccc4C4C=CC5=C(C4)C(c4ccccc4)(c4ccccc4)c4ccccc45)cc3)cc21. The van der Waals surface area contributed by atoms with E-state index in [4.69, 9.17) is 0 Å². The molecule has 0 radical (unpaired) electrons. The molecule has 13 rings (SSSR count). The number of hydrogen-bond donors (Lipinski definition) is 0. The van der Waals surface area contributed by atoms with Crippen molar-refractivity contribution in [3.63, 3.8) is 0 Å². The molecule has 0 N–H and O–H groups in total. The van der Waals surface area contributed by atoms with Gasteiger partial charge in [0.2, 0.25) is 0 Å². The average molecular weight is 964 g/mol. The second-order valence-electron chi connectivity index (χ2n) is 20.8. The summed E-state index contributed by atoms with van der Waals surface area (Å²) in [5.41, 5.74) is 26.2. The predicted octanol–water partition coefficient (Wildman–Crippen LogP) is 19.4. The van der Waals surface area contributed by atoms with Crippen molar-refractivity contribution in [2.45, 2.75) is 62.7 Å². The van der Waals surface area contributed by atoms with E-state index in [1.807, 2.05) is 0 Å². The summed E-state index contributed by atoms with van der Waals surface area (Å²) in [6, 6.07) is 87.9. The highest BCUT2D eigenvalue weighted by atomic mass is 15.1. The third-order valence-electron chi connectivity index (χ3n) is 17.2. The lowest BCUT2D eigenvalue weighted by Gasteiger charge is -2.38. The highest BCUT2D eigenvalue weighted by molar-refractivity contribution is 5.92. The zero-order chi connectivity index (χ0) is 50.3. The third-order valence-corrected chi connectivity index (χ3v) is 17.2. The van der Waals surface area contributed by atoms with Crippen molar-refractivity contribution in [2.24, 2.45) is 0 Å². The third kappa shape index (κ3) is 7.84. The van der Waals surface area contributed by atoms with Gasteiger partial charge in [-0.25, -0.2) is 0 Å². The summed E-state index contributed by atoms with van der Waals surface area (Å²) < 4.78 is 0. The van der Waals surface area contributed by atoms with Crippen LogP contribution in [0.1, 0.15) is 102 Å². The molecule has 9 aromatic carbocycles. The molecule has 75 heavy (non-hydrogen) atoms. The van der Waals surface area contributed by atoms with E-state index < -0.39 is 5.41 Å². The Balaban J connectivity index is 0.826. The van der Waals surface area contributed by atoms with Crippen LogP contribution in [0.3, 0.4) is 0 Å². The molecule has 362 valence electrons. The molecule has 4 aliphatic carbocycles. The van der Waals surface area contributed by atoms with Gasteiger partial charge in [-0.3, -0.25) is 0 Å². The van der Waals surface area contributed by atoms with Gasteiger partial charge in [-0.05, 0) is 163 Å². The number of benzene rings is 9. The van der Waals surface area contributed by atoms with Crippen LogP contribution in [0.2, 0.25) is 0 Å². The van der Waals surface area contributed by atoms with Gasteiger partial charge in [0.05, 0.1) is 5.41 Å². The molecule has 0 spiro atoms. The van der Waals surface area contributed by atoms with Crippen LogP contribution in [0.5, 0.6) is 0 Å². The van der Waals surface area contributed by atoms with Crippen molar-refractivity contribution < 1.29 is 0 Å². The Kier molecular flexibility index (Phi) is 12.0. The first-order chi connectivity index (χ1) is 37.1. The number of nitrogens with zero attached hydrogens (tertiary/aromatic N) is 1. The summed E-state index contributed by atoms with van der Waals surface area (Å²) in [5, 5.41) is 0. The second-order valence-corrected chi connectivity index (χ2v) is 20.8. The van der Waals surface area contributed by atoms with E-state index in [9.17, 15) is 0 Å². The van der Waals surface area contributed by atoms with Gasteiger partial charge < -0.3 is 4.90 Å². The van der Waals surface area contributed by atoms with E-state index in [0.717, 1.165) is 32.1 Å². The summed E-state index contributed by atoms with van der Waals surface area (Å²) in [7, 11) is 0. The first-order valence-corrected chi connectivity index (χ1v) is 27.2. The number of fused-ring (bicyclic) bond motifs is 4. The Morgan fingerprint density at radius 2 is 1.05 bits per heavy atom. The van der Waals surface area contributed by atoms with Gasteiger partial charge in [0, 0.05) is 28.4 Å². The lowest BCUT2D eigenvalue weighted by atomic mass is 9.64. The molecule has 0 bridgehead atoms. The fourth-order valence-electron chi connectivity index (χ4n) is 13.6. The number of para-hydroxylation sites is 2. The van der Waals surface area contributed by atoms with E-state index in [1.165, 1.54) is 112 Å². The zero-order valence-corrected chi connectivity index (χ0v) is 43.0.